The number of carbonyl (C=O) groups is 1. The molecule has 2 rings (SSSR count). The smallest absolute Gasteiger partial charge is 0.246 e. The molecule has 2 aromatic rings. The lowest BCUT2D eigenvalue weighted by Gasteiger charge is -2.10. The lowest BCUT2D eigenvalue weighted by atomic mass is 10.2. The van der Waals surface area contributed by atoms with E-state index in [9.17, 15) is 4.79 Å². The Morgan fingerprint density at radius 3 is 3.06 bits per heavy atom. The van der Waals surface area contributed by atoms with Crippen LogP contribution in [0.1, 0.15) is 0 Å². The molecule has 18 heavy (non-hydrogen) atoms. The second-order valence-corrected chi connectivity index (χ2v) is 3.60. The van der Waals surface area contributed by atoms with Crippen molar-refractivity contribution < 1.29 is 9.53 Å². The highest BCUT2D eigenvalue weighted by Gasteiger charge is 2.08. The number of nitrogens with one attached hydrogen (secondary N) is 1. The lowest BCUT2D eigenvalue weighted by Crippen LogP contribution is -2.19. The van der Waals surface area contributed by atoms with Gasteiger partial charge < -0.3 is 15.8 Å². The van der Waals surface area contributed by atoms with Crippen LogP contribution in [0.15, 0.2) is 30.9 Å². The van der Waals surface area contributed by atoms with E-state index >= 15 is 0 Å². The van der Waals surface area contributed by atoms with E-state index < -0.39 is 0 Å². The monoisotopic (exact) mass is 247 g/mol. The summed E-state index contributed by atoms with van der Waals surface area (Å²) in [5.74, 6) is 0.320. The van der Waals surface area contributed by atoms with E-state index in [0.717, 1.165) is 0 Å². The van der Waals surface area contributed by atoms with Crippen molar-refractivity contribution >= 4 is 17.3 Å². The van der Waals surface area contributed by atoms with Gasteiger partial charge in [0.2, 0.25) is 5.91 Å². The summed E-state index contributed by atoms with van der Waals surface area (Å²) in [4.78, 5) is 15.5. The number of nitrogens with zero attached hydrogens (tertiary/aromatic N) is 3. The summed E-state index contributed by atoms with van der Waals surface area (Å²) in [5, 5.41) is 6.55. The van der Waals surface area contributed by atoms with Crippen molar-refractivity contribution in [2.45, 2.75) is 6.54 Å². The highest BCUT2D eigenvalue weighted by Crippen LogP contribution is 2.26. The number of benzene rings is 1. The van der Waals surface area contributed by atoms with E-state index in [1.165, 1.54) is 24.4 Å². The molecule has 0 radical (unpaired) electrons. The van der Waals surface area contributed by atoms with Gasteiger partial charge >= 0.3 is 0 Å². The first-order valence-electron chi connectivity index (χ1n) is 5.25. The number of rotatable bonds is 4. The van der Waals surface area contributed by atoms with Crippen molar-refractivity contribution in [2.75, 3.05) is 18.2 Å². The van der Waals surface area contributed by atoms with Gasteiger partial charge in [0.15, 0.2) is 0 Å². The predicted octanol–water partition coefficient (Wildman–Crippen LogP) is 0.508. The molecule has 0 saturated carbocycles. The molecule has 1 aromatic carbocycles. The Morgan fingerprint density at radius 2 is 2.39 bits per heavy atom. The molecule has 0 aliphatic heterocycles. The summed E-state index contributed by atoms with van der Waals surface area (Å²) in [7, 11) is 1.53. The van der Waals surface area contributed by atoms with Crippen LogP contribution in [0.4, 0.5) is 11.4 Å². The molecular formula is C11H13N5O2. The number of methoxy groups -OCH3 is 1. The number of nitrogens with two attached hydrogens (primary N) is 1. The van der Waals surface area contributed by atoms with Gasteiger partial charge in [-0.2, -0.15) is 5.10 Å². The van der Waals surface area contributed by atoms with E-state index in [1.807, 2.05) is 0 Å². The van der Waals surface area contributed by atoms with Crippen LogP contribution in [-0.4, -0.2) is 27.8 Å². The standard InChI is InChI=1S/C11H13N5O2/c1-18-10-3-2-8(12)4-9(10)15-11(17)5-16-7-13-6-14-16/h2-4,6-7H,5,12H2,1H3,(H,15,17). The second-order valence-electron chi connectivity index (χ2n) is 3.60. The Morgan fingerprint density at radius 1 is 1.56 bits per heavy atom. The summed E-state index contributed by atoms with van der Waals surface area (Å²) in [6.45, 7) is 0.0813. The predicted molar refractivity (Wildman–Crippen MR) is 66.1 cm³/mol. The fraction of sp³-hybridized carbons (Fsp3) is 0.182. The first kappa shape index (κ1) is 11.9. The van der Waals surface area contributed by atoms with Crippen LogP contribution in [0.5, 0.6) is 5.75 Å². The number of ether oxygens (including phenoxy) is 1. The first-order valence-corrected chi connectivity index (χ1v) is 5.25. The van der Waals surface area contributed by atoms with Crippen LogP contribution in [0.3, 0.4) is 0 Å². The fourth-order valence-corrected chi connectivity index (χ4v) is 1.47. The van der Waals surface area contributed by atoms with Crippen molar-refractivity contribution in [1.29, 1.82) is 0 Å². The average molecular weight is 247 g/mol. The van der Waals surface area contributed by atoms with Crippen molar-refractivity contribution in [2.24, 2.45) is 0 Å². The summed E-state index contributed by atoms with van der Waals surface area (Å²) in [5.41, 5.74) is 6.74. The third kappa shape index (κ3) is 2.76. The van der Waals surface area contributed by atoms with E-state index in [0.29, 0.717) is 17.1 Å². The van der Waals surface area contributed by atoms with Crippen LogP contribution in [0.2, 0.25) is 0 Å². The Kier molecular flexibility index (Phi) is 3.42. The van der Waals surface area contributed by atoms with Gasteiger partial charge in [-0.05, 0) is 18.2 Å². The summed E-state index contributed by atoms with van der Waals surface area (Å²) >= 11 is 0. The summed E-state index contributed by atoms with van der Waals surface area (Å²) in [6.07, 6.45) is 2.84. The van der Waals surface area contributed by atoms with Gasteiger partial charge in [-0.15, -0.1) is 0 Å². The molecule has 0 aliphatic rings. The molecule has 7 heteroatoms. The number of anilines is 2. The van der Waals surface area contributed by atoms with Gasteiger partial charge in [0.25, 0.3) is 0 Å². The van der Waals surface area contributed by atoms with Gasteiger partial charge in [0.1, 0.15) is 24.9 Å². The molecule has 0 aliphatic carbocycles. The Bertz CT molecular complexity index is 538. The zero-order valence-electron chi connectivity index (χ0n) is 9.83. The molecule has 1 heterocycles. The molecule has 7 nitrogen and oxygen atoms in total. The Balaban J connectivity index is 2.08. The Hall–Kier alpha value is -2.57. The topological polar surface area (TPSA) is 95.1 Å². The maximum absolute atomic E-state index is 11.8. The second kappa shape index (κ2) is 5.17. The summed E-state index contributed by atoms with van der Waals surface area (Å²) in [6, 6.07) is 5.03. The van der Waals surface area contributed by atoms with Crippen LogP contribution in [0, 0.1) is 0 Å². The molecule has 0 bridgehead atoms. The van der Waals surface area contributed by atoms with Crippen molar-refractivity contribution in [1.82, 2.24) is 14.8 Å². The molecule has 1 aromatic heterocycles. The maximum atomic E-state index is 11.8. The maximum Gasteiger partial charge on any atom is 0.246 e. The van der Waals surface area contributed by atoms with Crippen LogP contribution in [-0.2, 0) is 11.3 Å². The molecule has 3 N–H and O–H groups in total. The average Bonchev–Trinajstić information content (AvgIpc) is 2.82. The number of hydrogen-bond acceptors (Lipinski definition) is 5. The number of amides is 1. The minimum absolute atomic E-state index is 0.0813. The highest BCUT2D eigenvalue weighted by molar-refractivity contribution is 5.92. The number of carbonyl (C=O) groups excluding carboxylic acids is 1. The number of nitrogen functional groups attached to an aromatic ring is 1. The quantitative estimate of drug-likeness (QED) is 0.767. The minimum atomic E-state index is -0.232. The van der Waals surface area contributed by atoms with Crippen LogP contribution >= 0.6 is 0 Å². The molecular weight excluding hydrogens is 234 g/mol. The lowest BCUT2D eigenvalue weighted by molar-refractivity contribution is -0.116. The van der Waals surface area contributed by atoms with Crippen molar-refractivity contribution in [3.63, 3.8) is 0 Å². The van der Waals surface area contributed by atoms with Crippen molar-refractivity contribution in [3.8, 4) is 5.75 Å². The zero-order valence-corrected chi connectivity index (χ0v) is 9.83. The molecule has 0 spiro atoms. The molecule has 0 fully saturated rings. The normalized spacial score (nSPS) is 10.1. The number of hydrogen-bond donors (Lipinski definition) is 2. The van der Waals surface area contributed by atoms with E-state index in [1.54, 1.807) is 18.2 Å². The van der Waals surface area contributed by atoms with Crippen LogP contribution < -0.4 is 15.8 Å². The zero-order chi connectivity index (χ0) is 13.0. The Labute approximate surface area is 104 Å². The van der Waals surface area contributed by atoms with E-state index in [4.69, 9.17) is 10.5 Å². The third-order valence-electron chi connectivity index (χ3n) is 2.27. The number of aromatic nitrogens is 3. The molecule has 1 amide bonds. The van der Waals surface area contributed by atoms with Gasteiger partial charge in [-0.25, -0.2) is 9.67 Å². The third-order valence-corrected chi connectivity index (χ3v) is 2.27. The van der Waals surface area contributed by atoms with E-state index in [-0.39, 0.29) is 12.5 Å². The summed E-state index contributed by atoms with van der Waals surface area (Å²) < 4.78 is 6.56. The largest absolute Gasteiger partial charge is 0.495 e. The van der Waals surface area contributed by atoms with Gasteiger partial charge in [0.05, 0.1) is 12.8 Å². The fourth-order valence-electron chi connectivity index (χ4n) is 1.47. The molecule has 0 saturated heterocycles. The molecule has 0 atom stereocenters. The van der Waals surface area contributed by atoms with Crippen LogP contribution in [0.25, 0.3) is 0 Å². The van der Waals surface area contributed by atoms with E-state index in [2.05, 4.69) is 15.4 Å². The molecule has 0 unspecified atom stereocenters. The SMILES string of the molecule is COc1ccc(N)cc1NC(=O)Cn1cncn1. The van der Waals surface area contributed by atoms with Gasteiger partial charge in [0, 0.05) is 5.69 Å². The molecule has 94 valence electrons. The van der Waals surface area contributed by atoms with Gasteiger partial charge in [-0.3, -0.25) is 4.79 Å². The highest BCUT2D eigenvalue weighted by atomic mass is 16.5. The first-order chi connectivity index (χ1) is 8.69. The van der Waals surface area contributed by atoms with Crippen molar-refractivity contribution in [3.05, 3.63) is 30.9 Å². The minimum Gasteiger partial charge on any atom is -0.495 e. The van der Waals surface area contributed by atoms with Gasteiger partial charge in [-0.1, -0.05) is 0 Å².